The summed E-state index contributed by atoms with van der Waals surface area (Å²) < 4.78 is 0. The van der Waals surface area contributed by atoms with E-state index in [9.17, 15) is 9.90 Å². The molecule has 1 aromatic rings. The van der Waals surface area contributed by atoms with E-state index in [-0.39, 0.29) is 10.8 Å². The van der Waals surface area contributed by atoms with Gasteiger partial charge in [0.1, 0.15) is 5.41 Å². The molecule has 1 aliphatic carbocycles. The van der Waals surface area contributed by atoms with Crippen LogP contribution in [0, 0.1) is 10.8 Å². The number of hydrogen-bond acceptors (Lipinski definition) is 2. The maximum atomic E-state index is 11.9. The molecule has 0 amide bonds. The van der Waals surface area contributed by atoms with Gasteiger partial charge in [0.2, 0.25) is 0 Å². The van der Waals surface area contributed by atoms with Crippen LogP contribution >= 0.6 is 11.6 Å². The molecule has 0 radical (unpaired) electrons. The quantitative estimate of drug-likeness (QED) is 0.808. The monoisotopic (exact) mass is 267 g/mol. The number of nitrogens with two attached hydrogens (primary N) is 1. The van der Waals surface area contributed by atoms with Crippen molar-refractivity contribution in [3.63, 3.8) is 0 Å². The highest BCUT2D eigenvalue weighted by Gasteiger charge is 2.82. The first kappa shape index (κ1) is 13.2. The topological polar surface area (TPSA) is 63.3 Å². The van der Waals surface area contributed by atoms with Crippen LogP contribution in [0.15, 0.2) is 18.2 Å². The third kappa shape index (κ3) is 1.18. The molecule has 3 N–H and O–H groups in total. The van der Waals surface area contributed by atoms with Crippen LogP contribution in [-0.4, -0.2) is 11.1 Å². The number of nitrogen functional groups attached to an aromatic ring is 1. The van der Waals surface area contributed by atoms with Gasteiger partial charge in [0.25, 0.3) is 0 Å². The minimum Gasteiger partial charge on any atom is -0.481 e. The third-order valence-electron chi connectivity index (χ3n) is 5.12. The number of benzene rings is 1. The van der Waals surface area contributed by atoms with Crippen molar-refractivity contribution in [1.82, 2.24) is 0 Å². The molecule has 0 heterocycles. The number of rotatable bonds is 2. The molecule has 3 nitrogen and oxygen atoms in total. The van der Waals surface area contributed by atoms with Crippen molar-refractivity contribution in [3.05, 3.63) is 28.8 Å². The molecule has 2 rings (SSSR count). The van der Waals surface area contributed by atoms with Crippen molar-refractivity contribution >= 4 is 23.3 Å². The van der Waals surface area contributed by atoms with Crippen LogP contribution in [0.25, 0.3) is 0 Å². The molecule has 0 aliphatic heterocycles. The first-order valence-electron chi connectivity index (χ1n) is 5.89. The van der Waals surface area contributed by atoms with E-state index in [0.29, 0.717) is 16.3 Å². The predicted octanol–water partition coefficient (Wildman–Crippen LogP) is 3.31. The fourth-order valence-corrected chi connectivity index (χ4v) is 3.66. The highest BCUT2D eigenvalue weighted by atomic mass is 35.5. The Kier molecular flexibility index (Phi) is 2.51. The Morgan fingerprint density at radius 3 is 2.11 bits per heavy atom. The minimum atomic E-state index is -0.977. The summed E-state index contributed by atoms with van der Waals surface area (Å²) in [4.78, 5) is 11.9. The molecule has 0 bridgehead atoms. The molecule has 1 saturated carbocycles. The lowest BCUT2D eigenvalue weighted by molar-refractivity contribution is -0.141. The molecule has 0 aromatic heterocycles. The summed E-state index contributed by atoms with van der Waals surface area (Å²) in [6.45, 7) is 7.84. The van der Waals surface area contributed by atoms with Gasteiger partial charge in [-0.2, -0.15) is 0 Å². The maximum absolute atomic E-state index is 11.9. The summed E-state index contributed by atoms with van der Waals surface area (Å²) >= 11 is 5.99. The maximum Gasteiger partial charge on any atom is 0.315 e. The molecule has 0 atom stereocenters. The van der Waals surface area contributed by atoms with Gasteiger partial charge in [-0.15, -0.1) is 0 Å². The van der Waals surface area contributed by atoms with Crippen molar-refractivity contribution in [2.75, 3.05) is 5.73 Å². The van der Waals surface area contributed by atoms with Gasteiger partial charge in [-0.1, -0.05) is 39.3 Å². The average molecular weight is 268 g/mol. The van der Waals surface area contributed by atoms with E-state index in [0.717, 1.165) is 0 Å². The Morgan fingerprint density at radius 1 is 1.22 bits per heavy atom. The largest absolute Gasteiger partial charge is 0.481 e. The molecule has 98 valence electrons. The molecule has 0 spiro atoms. The molecule has 1 aromatic carbocycles. The van der Waals surface area contributed by atoms with Crippen LogP contribution in [0.1, 0.15) is 33.3 Å². The zero-order valence-electron chi connectivity index (χ0n) is 11.0. The Labute approximate surface area is 112 Å². The van der Waals surface area contributed by atoms with Crippen molar-refractivity contribution in [2.45, 2.75) is 33.1 Å². The lowest BCUT2D eigenvalue weighted by atomic mass is 9.85. The first-order valence-corrected chi connectivity index (χ1v) is 6.27. The summed E-state index contributed by atoms with van der Waals surface area (Å²) in [5.41, 5.74) is 5.36. The number of carboxylic acids is 1. The molecule has 1 fully saturated rings. The zero-order valence-corrected chi connectivity index (χ0v) is 11.8. The summed E-state index contributed by atoms with van der Waals surface area (Å²) in [7, 11) is 0. The summed E-state index contributed by atoms with van der Waals surface area (Å²) in [6, 6.07) is 5.03. The van der Waals surface area contributed by atoms with Crippen LogP contribution in [0.2, 0.25) is 5.02 Å². The molecular formula is C14H18ClNO2. The van der Waals surface area contributed by atoms with Gasteiger partial charge in [-0.3, -0.25) is 4.79 Å². The zero-order chi connectivity index (χ0) is 13.9. The number of aliphatic carboxylic acids is 1. The van der Waals surface area contributed by atoms with Crippen molar-refractivity contribution < 1.29 is 9.90 Å². The van der Waals surface area contributed by atoms with E-state index >= 15 is 0 Å². The SMILES string of the molecule is CC1(C)C(C)(C)C1(C(=O)O)c1cc(Cl)ccc1N. The van der Waals surface area contributed by atoms with Crippen molar-refractivity contribution in [1.29, 1.82) is 0 Å². The van der Waals surface area contributed by atoms with Gasteiger partial charge in [-0.05, 0) is 34.6 Å². The summed E-state index contributed by atoms with van der Waals surface area (Å²) in [6.07, 6.45) is 0. The van der Waals surface area contributed by atoms with Crippen molar-refractivity contribution in [2.24, 2.45) is 10.8 Å². The van der Waals surface area contributed by atoms with Crippen LogP contribution in [-0.2, 0) is 10.2 Å². The second-order valence-electron chi connectivity index (χ2n) is 6.04. The molecule has 4 heteroatoms. The average Bonchev–Trinajstić information content (AvgIpc) is 2.58. The van der Waals surface area contributed by atoms with Gasteiger partial charge in [0.05, 0.1) is 0 Å². The van der Waals surface area contributed by atoms with Crippen LogP contribution in [0.3, 0.4) is 0 Å². The predicted molar refractivity (Wildman–Crippen MR) is 72.7 cm³/mol. The summed E-state index contributed by atoms with van der Waals surface area (Å²) in [5.74, 6) is -0.841. The fourth-order valence-electron chi connectivity index (χ4n) is 3.49. The van der Waals surface area contributed by atoms with Crippen LogP contribution in [0.4, 0.5) is 5.69 Å². The van der Waals surface area contributed by atoms with Gasteiger partial charge < -0.3 is 10.8 Å². The number of carboxylic acid groups (broad SMARTS) is 1. The Morgan fingerprint density at radius 2 is 1.72 bits per heavy atom. The molecule has 18 heavy (non-hydrogen) atoms. The number of carbonyl (C=O) groups is 1. The van der Waals surface area contributed by atoms with E-state index in [1.807, 2.05) is 27.7 Å². The fraction of sp³-hybridized carbons (Fsp3) is 0.500. The van der Waals surface area contributed by atoms with Crippen LogP contribution in [0.5, 0.6) is 0 Å². The Bertz CT molecular complexity index is 521. The summed E-state index contributed by atoms with van der Waals surface area (Å²) in [5, 5.41) is 10.3. The van der Waals surface area contributed by atoms with E-state index in [1.165, 1.54) is 0 Å². The first-order chi connectivity index (χ1) is 8.10. The van der Waals surface area contributed by atoms with Gasteiger partial charge >= 0.3 is 5.97 Å². The van der Waals surface area contributed by atoms with Crippen molar-refractivity contribution in [3.8, 4) is 0 Å². The van der Waals surface area contributed by atoms with Gasteiger partial charge in [0, 0.05) is 10.7 Å². The second-order valence-corrected chi connectivity index (χ2v) is 6.47. The Hall–Kier alpha value is -1.22. The lowest BCUT2D eigenvalue weighted by Crippen LogP contribution is -2.29. The number of hydrogen-bond donors (Lipinski definition) is 2. The number of anilines is 1. The molecular weight excluding hydrogens is 250 g/mol. The van der Waals surface area contributed by atoms with E-state index in [4.69, 9.17) is 17.3 Å². The highest BCUT2D eigenvalue weighted by Crippen LogP contribution is 2.78. The highest BCUT2D eigenvalue weighted by molar-refractivity contribution is 6.30. The Balaban J connectivity index is 2.74. The van der Waals surface area contributed by atoms with E-state index in [1.54, 1.807) is 18.2 Å². The van der Waals surface area contributed by atoms with E-state index < -0.39 is 11.4 Å². The van der Waals surface area contributed by atoms with Gasteiger partial charge in [0.15, 0.2) is 0 Å². The minimum absolute atomic E-state index is 0.370. The second kappa shape index (κ2) is 3.41. The smallest absolute Gasteiger partial charge is 0.315 e. The molecule has 0 saturated heterocycles. The normalized spacial score (nSPS) is 22.5. The molecule has 0 unspecified atom stereocenters. The van der Waals surface area contributed by atoms with E-state index in [2.05, 4.69) is 0 Å². The lowest BCUT2D eigenvalue weighted by Gasteiger charge is -2.19. The third-order valence-corrected chi connectivity index (χ3v) is 5.35. The number of halogens is 1. The van der Waals surface area contributed by atoms with Gasteiger partial charge in [-0.25, -0.2) is 0 Å². The van der Waals surface area contributed by atoms with Crippen LogP contribution < -0.4 is 5.73 Å². The molecule has 1 aliphatic rings. The standard InChI is InChI=1S/C14H18ClNO2/c1-12(2)13(3,4)14(12,11(17)18)9-7-8(15)5-6-10(9)16/h5-7H,16H2,1-4H3,(H,17,18).